The lowest BCUT2D eigenvalue weighted by Gasteiger charge is -2.31. The minimum Gasteiger partial charge on any atom is -0.390 e. The molecule has 1 unspecified atom stereocenters. The van der Waals surface area contributed by atoms with Crippen LogP contribution in [0, 0.1) is 0 Å². The van der Waals surface area contributed by atoms with Crippen molar-refractivity contribution in [3.05, 3.63) is 53.5 Å². The first-order chi connectivity index (χ1) is 16.5. The number of nitrogens with zero attached hydrogens (tertiary/aromatic N) is 4. The van der Waals surface area contributed by atoms with Crippen molar-refractivity contribution in [1.82, 2.24) is 25.1 Å². The highest BCUT2D eigenvalue weighted by molar-refractivity contribution is 5.92. The Hall–Kier alpha value is -3.08. The molecule has 0 saturated carbocycles. The van der Waals surface area contributed by atoms with Crippen LogP contribution in [0.2, 0.25) is 0 Å². The molecule has 1 saturated heterocycles. The predicted octanol–water partition coefficient (Wildman–Crippen LogP) is -0.0128. The van der Waals surface area contributed by atoms with Gasteiger partial charge in [-0.05, 0) is 30.4 Å². The summed E-state index contributed by atoms with van der Waals surface area (Å²) in [7, 11) is 0. The molecule has 5 N–H and O–H groups in total. The average Bonchev–Trinajstić information content (AvgIpc) is 2.83. The van der Waals surface area contributed by atoms with Gasteiger partial charge in [-0.1, -0.05) is 24.3 Å². The molecule has 0 bridgehead atoms. The Morgan fingerprint density at radius 3 is 2.65 bits per heavy atom. The molecule has 182 valence electrons. The van der Waals surface area contributed by atoms with Crippen molar-refractivity contribution in [2.45, 2.75) is 38.0 Å². The van der Waals surface area contributed by atoms with E-state index in [1.54, 1.807) is 6.07 Å². The van der Waals surface area contributed by atoms with Gasteiger partial charge in [0.15, 0.2) is 0 Å². The van der Waals surface area contributed by atoms with Crippen molar-refractivity contribution in [1.29, 1.82) is 0 Å². The van der Waals surface area contributed by atoms with E-state index in [1.165, 1.54) is 17.5 Å². The number of benzene rings is 1. The van der Waals surface area contributed by atoms with Crippen LogP contribution in [0.5, 0.6) is 0 Å². The molecule has 0 radical (unpaired) electrons. The third-order valence-electron chi connectivity index (χ3n) is 6.40. The Bertz CT molecular complexity index is 994. The molecule has 1 aromatic heterocycles. The molecular weight excluding hydrogens is 434 g/mol. The number of aliphatic hydroxyl groups excluding tert-OH is 1. The van der Waals surface area contributed by atoms with Crippen molar-refractivity contribution in [3.63, 3.8) is 0 Å². The number of hydrogen-bond donors (Lipinski definition) is 4. The number of β-amino-alcohol motifs (C(OH)–C–C–N with tert-alkyl or cyclic N) is 1. The van der Waals surface area contributed by atoms with Gasteiger partial charge in [0.25, 0.3) is 5.91 Å². The van der Waals surface area contributed by atoms with Crippen LogP contribution < -0.4 is 16.4 Å². The molecule has 1 atom stereocenters. The molecule has 2 aromatic rings. The largest absolute Gasteiger partial charge is 0.390 e. The van der Waals surface area contributed by atoms with E-state index < -0.39 is 6.10 Å². The van der Waals surface area contributed by atoms with Gasteiger partial charge in [0.2, 0.25) is 5.91 Å². The van der Waals surface area contributed by atoms with E-state index in [9.17, 15) is 14.7 Å². The van der Waals surface area contributed by atoms with Crippen molar-refractivity contribution in [3.8, 4) is 0 Å². The molecule has 2 amide bonds. The summed E-state index contributed by atoms with van der Waals surface area (Å²) in [4.78, 5) is 36.2. The number of hydrogen-bond acceptors (Lipinski definition) is 8. The second-order valence-electron chi connectivity index (χ2n) is 9.07. The van der Waals surface area contributed by atoms with E-state index in [-0.39, 0.29) is 36.6 Å². The van der Waals surface area contributed by atoms with E-state index in [0.717, 1.165) is 45.4 Å². The second-order valence-corrected chi connectivity index (χ2v) is 9.07. The van der Waals surface area contributed by atoms with Gasteiger partial charge < -0.3 is 21.5 Å². The first-order valence-electron chi connectivity index (χ1n) is 11.8. The fourth-order valence-corrected chi connectivity index (χ4v) is 4.60. The number of piperidine rings is 1. The molecular formula is C24H33N7O3. The molecule has 1 aromatic carbocycles. The number of likely N-dealkylation sites (tertiary alicyclic amines) is 1. The average molecular weight is 468 g/mol. The Kier molecular flexibility index (Phi) is 8.04. The number of carbonyl (C=O) groups excluding carboxylic acids is 2. The topological polar surface area (TPSA) is 137 Å². The fourth-order valence-electron chi connectivity index (χ4n) is 4.60. The minimum atomic E-state index is -0.667. The van der Waals surface area contributed by atoms with E-state index in [1.807, 2.05) is 11.0 Å². The highest BCUT2D eigenvalue weighted by atomic mass is 16.3. The van der Waals surface area contributed by atoms with Gasteiger partial charge >= 0.3 is 0 Å². The SMILES string of the molecule is NC(=O)CN1CCC(Nc2cc(C(=O)NCC(O)CN3CCc4ccccc4C3)ncn2)CC1. The first kappa shape index (κ1) is 24.1. The van der Waals surface area contributed by atoms with Gasteiger partial charge in [-0.25, -0.2) is 9.97 Å². The van der Waals surface area contributed by atoms with Gasteiger partial charge in [0, 0.05) is 51.4 Å². The maximum atomic E-state index is 12.6. The van der Waals surface area contributed by atoms with Crippen LogP contribution in [0.4, 0.5) is 5.82 Å². The number of amides is 2. The van der Waals surface area contributed by atoms with E-state index in [4.69, 9.17) is 5.73 Å². The smallest absolute Gasteiger partial charge is 0.270 e. The standard InChI is InChI=1S/C24H33N7O3/c25-22(33)15-30-9-6-19(7-10-30)29-23-11-21(27-16-28-23)24(34)26-12-20(32)14-31-8-5-17-3-1-2-4-18(17)13-31/h1-4,11,16,19-20,32H,5-10,12-15H2,(H2,25,33)(H,26,34)(H,27,28,29). The number of anilines is 1. The number of carbonyl (C=O) groups is 2. The molecule has 2 aliphatic rings. The molecule has 4 rings (SSSR count). The van der Waals surface area contributed by atoms with Gasteiger partial charge in [-0.15, -0.1) is 0 Å². The van der Waals surface area contributed by atoms with Crippen LogP contribution >= 0.6 is 0 Å². The van der Waals surface area contributed by atoms with Crippen molar-refractivity contribution >= 4 is 17.6 Å². The number of primary amides is 1. The molecule has 34 heavy (non-hydrogen) atoms. The van der Waals surface area contributed by atoms with Gasteiger partial charge in [0.1, 0.15) is 17.8 Å². The van der Waals surface area contributed by atoms with E-state index >= 15 is 0 Å². The van der Waals surface area contributed by atoms with Crippen LogP contribution in [0.15, 0.2) is 36.7 Å². The van der Waals surface area contributed by atoms with Gasteiger partial charge in [0.05, 0.1) is 12.6 Å². The summed E-state index contributed by atoms with van der Waals surface area (Å²) in [5, 5.41) is 16.6. The highest BCUT2D eigenvalue weighted by Crippen LogP contribution is 2.18. The van der Waals surface area contributed by atoms with Crippen LogP contribution in [0.3, 0.4) is 0 Å². The number of rotatable bonds is 9. The van der Waals surface area contributed by atoms with Crippen LogP contribution in [0.1, 0.15) is 34.5 Å². The molecule has 2 aliphatic heterocycles. The van der Waals surface area contributed by atoms with Gasteiger partial charge in [-0.2, -0.15) is 0 Å². The lowest BCUT2D eigenvalue weighted by Crippen LogP contribution is -2.43. The fraction of sp³-hybridized carbons (Fsp3) is 0.500. The zero-order valence-electron chi connectivity index (χ0n) is 19.3. The summed E-state index contributed by atoms with van der Waals surface area (Å²) in [6.45, 7) is 4.19. The zero-order valence-corrected chi connectivity index (χ0v) is 19.3. The first-order valence-corrected chi connectivity index (χ1v) is 11.8. The summed E-state index contributed by atoms with van der Waals surface area (Å²) in [6, 6.07) is 10.2. The maximum absolute atomic E-state index is 12.6. The third-order valence-corrected chi connectivity index (χ3v) is 6.40. The van der Waals surface area contributed by atoms with E-state index in [2.05, 4.69) is 43.7 Å². The molecule has 3 heterocycles. The monoisotopic (exact) mass is 467 g/mol. The highest BCUT2D eigenvalue weighted by Gasteiger charge is 2.22. The third kappa shape index (κ3) is 6.72. The summed E-state index contributed by atoms with van der Waals surface area (Å²) >= 11 is 0. The Morgan fingerprint density at radius 2 is 1.88 bits per heavy atom. The van der Waals surface area contributed by atoms with Gasteiger partial charge in [-0.3, -0.25) is 19.4 Å². The molecule has 10 nitrogen and oxygen atoms in total. The Balaban J connectivity index is 1.21. The van der Waals surface area contributed by atoms with Crippen molar-refractivity contribution in [2.24, 2.45) is 5.73 Å². The summed E-state index contributed by atoms with van der Waals surface area (Å²) in [5.41, 5.74) is 8.18. The molecule has 0 spiro atoms. The van der Waals surface area contributed by atoms with Crippen molar-refractivity contribution in [2.75, 3.05) is 44.6 Å². The van der Waals surface area contributed by atoms with Crippen LogP contribution in [0.25, 0.3) is 0 Å². The second kappa shape index (κ2) is 11.4. The normalized spacial score (nSPS) is 18.1. The molecule has 0 aliphatic carbocycles. The number of aromatic nitrogens is 2. The summed E-state index contributed by atoms with van der Waals surface area (Å²) in [6.07, 6.45) is 3.37. The lowest BCUT2D eigenvalue weighted by molar-refractivity contribution is -0.119. The van der Waals surface area contributed by atoms with Crippen molar-refractivity contribution < 1.29 is 14.7 Å². The number of aliphatic hydroxyl groups is 1. The Morgan fingerprint density at radius 1 is 1.12 bits per heavy atom. The number of fused-ring (bicyclic) bond motifs is 1. The Labute approximate surface area is 199 Å². The van der Waals surface area contributed by atoms with E-state index in [0.29, 0.717) is 12.4 Å². The zero-order chi connectivity index (χ0) is 23.9. The lowest BCUT2D eigenvalue weighted by atomic mass is 10.00. The number of nitrogens with one attached hydrogen (secondary N) is 2. The maximum Gasteiger partial charge on any atom is 0.270 e. The predicted molar refractivity (Wildman–Crippen MR) is 128 cm³/mol. The quantitative estimate of drug-likeness (QED) is 0.404. The minimum absolute atomic E-state index is 0.155. The molecule has 10 heteroatoms. The summed E-state index contributed by atoms with van der Waals surface area (Å²) in [5.74, 6) is -0.0740. The number of nitrogens with two attached hydrogens (primary N) is 1. The molecule has 1 fully saturated rings. The van der Waals surface area contributed by atoms with Crippen LogP contribution in [-0.2, 0) is 17.8 Å². The summed E-state index contributed by atoms with van der Waals surface area (Å²) < 4.78 is 0. The van der Waals surface area contributed by atoms with Crippen LogP contribution in [-0.4, -0.2) is 88.1 Å².